The molecule has 2 aromatic carbocycles. The van der Waals surface area contributed by atoms with Crippen LogP contribution in [0.1, 0.15) is 25.0 Å². The summed E-state index contributed by atoms with van der Waals surface area (Å²) in [5.74, 6) is -0.613. The first-order valence-electron chi connectivity index (χ1n) is 8.16. The zero-order valence-electron chi connectivity index (χ0n) is 15.2. The third kappa shape index (κ3) is 4.77. The first kappa shape index (κ1) is 20.3. The highest BCUT2D eigenvalue weighted by Crippen LogP contribution is 2.28. The lowest BCUT2D eigenvalue weighted by molar-refractivity contribution is -0.145. The Morgan fingerprint density at radius 3 is 2.27 bits per heavy atom. The fourth-order valence-electron chi connectivity index (χ4n) is 2.54. The molecule has 0 aliphatic carbocycles. The van der Waals surface area contributed by atoms with Crippen molar-refractivity contribution in [2.24, 2.45) is 0 Å². The number of ether oxygens (including phenoxy) is 1. The van der Waals surface area contributed by atoms with Gasteiger partial charge in [0.05, 0.1) is 16.7 Å². The van der Waals surface area contributed by atoms with Gasteiger partial charge in [0.15, 0.2) is 0 Å². The number of esters is 1. The lowest BCUT2D eigenvalue weighted by atomic mass is 10.1. The van der Waals surface area contributed by atoms with E-state index in [1.807, 2.05) is 13.0 Å². The van der Waals surface area contributed by atoms with Crippen molar-refractivity contribution in [3.63, 3.8) is 0 Å². The van der Waals surface area contributed by atoms with Crippen LogP contribution in [0, 0.1) is 13.8 Å². The molecule has 0 saturated heterocycles. The molecule has 0 amide bonds. The molecule has 26 heavy (non-hydrogen) atoms. The van der Waals surface area contributed by atoms with E-state index in [4.69, 9.17) is 16.3 Å². The highest BCUT2D eigenvalue weighted by molar-refractivity contribution is 7.92. The number of anilines is 1. The highest BCUT2D eigenvalue weighted by Gasteiger charge is 2.29. The fourth-order valence-corrected chi connectivity index (χ4v) is 4.14. The zero-order chi connectivity index (χ0) is 19.5. The lowest BCUT2D eigenvalue weighted by Gasteiger charge is -2.26. The van der Waals surface area contributed by atoms with Crippen molar-refractivity contribution in [1.82, 2.24) is 0 Å². The Labute approximate surface area is 159 Å². The lowest BCUT2D eigenvalue weighted by Crippen LogP contribution is -2.37. The van der Waals surface area contributed by atoms with Crippen molar-refractivity contribution in [2.45, 2.75) is 38.7 Å². The number of carbonyl (C=O) groups is 1. The average Bonchev–Trinajstić information content (AvgIpc) is 2.53. The standard InChI is InChI=1S/C19H22ClNO4S/c1-13(2)25-19(22)12-21(18-10-5-14(3)11-15(18)4)26(23,24)17-8-6-16(20)7-9-17/h5-11,13H,12H2,1-4H3. The summed E-state index contributed by atoms with van der Waals surface area (Å²) >= 11 is 5.86. The van der Waals surface area contributed by atoms with Crippen molar-refractivity contribution in [3.8, 4) is 0 Å². The van der Waals surface area contributed by atoms with Gasteiger partial charge < -0.3 is 4.74 Å². The molecule has 0 saturated carbocycles. The molecule has 0 radical (unpaired) electrons. The molecule has 0 fully saturated rings. The minimum Gasteiger partial charge on any atom is -0.462 e. The molecule has 0 heterocycles. The summed E-state index contributed by atoms with van der Waals surface area (Å²) in [6, 6.07) is 11.2. The number of rotatable bonds is 6. The molecule has 0 bridgehead atoms. The Balaban J connectivity index is 2.52. The van der Waals surface area contributed by atoms with Crippen LogP contribution in [0.3, 0.4) is 0 Å². The molecule has 5 nitrogen and oxygen atoms in total. The SMILES string of the molecule is Cc1ccc(N(CC(=O)OC(C)C)S(=O)(=O)c2ccc(Cl)cc2)c(C)c1. The Morgan fingerprint density at radius 2 is 1.73 bits per heavy atom. The summed E-state index contributed by atoms with van der Waals surface area (Å²) < 4.78 is 32.6. The van der Waals surface area contributed by atoms with Crippen LogP contribution < -0.4 is 4.31 Å². The van der Waals surface area contributed by atoms with Crippen LogP contribution in [0.5, 0.6) is 0 Å². The van der Waals surface area contributed by atoms with E-state index in [0.717, 1.165) is 15.4 Å². The number of benzene rings is 2. The van der Waals surface area contributed by atoms with Crippen molar-refractivity contribution >= 4 is 33.3 Å². The fraction of sp³-hybridized carbons (Fsp3) is 0.316. The van der Waals surface area contributed by atoms with Gasteiger partial charge >= 0.3 is 5.97 Å². The molecule has 140 valence electrons. The molecular weight excluding hydrogens is 374 g/mol. The van der Waals surface area contributed by atoms with Gasteiger partial charge in [-0.25, -0.2) is 8.42 Å². The van der Waals surface area contributed by atoms with Gasteiger partial charge in [-0.2, -0.15) is 0 Å². The molecule has 2 aromatic rings. The van der Waals surface area contributed by atoms with Crippen LogP contribution in [0.2, 0.25) is 5.02 Å². The van der Waals surface area contributed by atoms with Crippen LogP contribution in [0.25, 0.3) is 0 Å². The van der Waals surface area contributed by atoms with Crippen molar-refractivity contribution in [2.75, 3.05) is 10.8 Å². The van der Waals surface area contributed by atoms with E-state index < -0.39 is 22.5 Å². The number of sulfonamides is 1. The minimum atomic E-state index is -3.96. The van der Waals surface area contributed by atoms with Gasteiger partial charge in [0.25, 0.3) is 10.0 Å². The second-order valence-corrected chi connectivity index (χ2v) is 8.59. The normalized spacial score (nSPS) is 11.5. The third-order valence-electron chi connectivity index (χ3n) is 3.66. The monoisotopic (exact) mass is 395 g/mol. The van der Waals surface area contributed by atoms with Gasteiger partial charge in [0.2, 0.25) is 0 Å². The predicted molar refractivity (Wildman–Crippen MR) is 103 cm³/mol. The summed E-state index contributed by atoms with van der Waals surface area (Å²) in [7, 11) is -3.96. The summed E-state index contributed by atoms with van der Waals surface area (Å²) in [5, 5.41) is 0.432. The summed E-state index contributed by atoms with van der Waals surface area (Å²) in [4.78, 5) is 12.3. The van der Waals surface area contributed by atoms with E-state index in [-0.39, 0.29) is 11.0 Å². The number of halogens is 1. The summed E-state index contributed by atoms with van der Waals surface area (Å²) in [5.41, 5.74) is 2.19. The predicted octanol–water partition coefficient (Wildman–Crippen LogP) is 4.10. The molecule has 0 N–H and O–H groups in total. The van der Waals surface area contributed by atoms with Crippen molar-refractivity contribution in [3.05, 3.63) is 58.6 Å². The van der Waals surface area contributed by atoms with E-state index >= 15 is 0 Å². The van der Waals surface area contributed by atoms with Crippen LogP contribution in [0.15, 0.2) is 47.4 Å². The maximum Gasteiger partial charge on any atom is 0.327 e. The van der Waals surface area contributed by atoms with Gasteiger partial charge in [0.1, 0.15) is 6.54 Å². The third-order valence-corrected chi connectivity index (χ3v) is 5.69. The Kier molecular flexibility index (Phi) is 6.31. The summed E-state index contributed by atoms with van der Waals surface area (Å²) in [6.07, 6.45) is -0.332. The van der Waals surface area contributed by atoms with Gasteiger partial charge in [-0.1, -0.05) is 29.3 Å². The van der Waals surface area contributed by atoms with Gasteiger partial charge in [-0.15, -0.1) is 0 Å². The van der Waals surface area contributed by atoms with E-state index in [2.05, 4.69) is 0 Å². The van der Waals surface area contributed by atoms with Crippen LogP contribution in [-0.4, -0.2) is 27.0 Å². The van der Waals surface area contributed by atoms with E-state index in [9.17, 15) is 13.2 Å². The van der Waals surface area contributed by atoms with Gasteiger partial charge in [-0.3, -0.25) is 9.10 Å². The Morgan fingerprint density at radius 1 is 1.12 bits per heavy atom. The van der Waals surface area contributed by atoms with Crippen molar-refractivity contribution < 1.29 is 17.9 Å². The molecule has 2 rings (SSSR count). The number of nitrogens with zero attached hydrogens (tertiary/aromatic N) is 1. The second kappa shape index (κ2) is 8.10. The molecule has 0 aliphatic rings. The van der Waals surface area contributed by atoms with E-state index in [1.165, 1.54) is 24.3 Å². The number of aryl methyl sites for hydroxylation is 2. The molecule has 0 aliphatic heterocycles. The number of hydrogen-bond acceptors (Lipinski definition) is 4. The largest absolute Gasteiger partial charge is 0.462 e. The van der Waals surface area contributed by atoms with Gasteiger partial charge in [-0.05, 0) is 63.6 Å². The van der Waals surface area contributed by atoms with Crippen molar-refractivity contribution in [1.29, 1.82) is 0 Å². The number of carbonyl (C=O) groups excluding carboxylic acids is 1. The van der Waals surface area contributed by atoms with Crippen LogP contribution in [0.4, 0.5) is 5.69 Å². The summed E-state index contributed by atoms with van der Waals surface area (Å²) in [6.45, 7) is 6.75. The highest BCUT2D eigenvalue weighted by atomic mass is 35.5. The number of hydrogen-bond donors (Lipinski definition) is 0. The molecule has 7 heteroatoms. The maximum absolute atomic E-state index is 13.2. The molecule has 0 atom stereocenters. The average molecular weight is 396 g/mol. The molecule has 0 spiro atoms. The smallest absolute Gasteiger partial charge is 0.327 e. The Bertz CT molecular complexity index is 892. The quantitative estimate of drug-likeness (QED) is 0.690. The van der Waals surface area contributed by atoms with Crippen LogP contribution in [-0.2, 0) is 19.6 Å². The first-order valence-corrected chi connectivity index (χ1v) is 9.98. The molecule has 0 aromatic heterocycles. The van der Waals surface area contributed by atoms with Crippen LogP contribution >= 0.6 is 11.6 Å². The maximum atomic E-state index is 13.2. The second-order valence-electron chi connectivity index (χ2n) is 6.29. The van der Waals surface area contributed by atoms with E-state index in [1.54, 1.807) is 32.9 Å². The minimum absolute atomic E-state index is 0.0548. The molecular formula is C19H22ClNO4S. The zero-order valence-corrected chi connectivity index (χ0v) is 16.8. The topological polar surface area (TPSA) is 63.7 Å². The van der Waals surface area contributed by atoms with Gasteiger partial charge in [0, 0.05) is 5.02 Å². The Hall–Kier alpha value is -2.05. The van der Waals surface area contributed by atoms with E-state index in [0.29, 0.717) is 10.7 Å². The molecule has 0 unspecified atom stereocenters. The first-order chi connectivity index (χ1) is 12.1.